The van der Waals surface area contributed by atoms with E-state index in [0.29, 0.717) is 26.4 Å². The van der Waals surface area contributed by atoms with Crippen molar-refractivity contribution in [3.63, 3.8) is 0 Å². The number of hydrogen-bond acceptors (Lipinski definition) is 5. The molecule has 0 atom stereocenters. The van der Waals surface area contributed by atoms with Crippen LogP contribution in [0, 0.1) is 5.41 Å². The zero-order valence-electron chi connectivity index (χ0n) is 14.3. The van der Waals surface area contributed by atoms with Gasteiger partial charge in [0.1, 0.15) is 0 Å². The molecule has 3 N–H and O–H groups in total. The van der Waals surface area contributed by atoms with Crippen molar-refractivity contribution in [1.82, 2.24) is 0 Å². The largest absolute Gasteiger partial charge is 0.500 e. The molecule has 6 heteroatoms. The van der Waals surface area contributed by atoms with Crippen LogP contribution in [0.4, 0.5) is 0 Å². The number of aliphatic hydroxyl groups is 1. The van der Waals surface area contributed by atoms with Gasteiger partial charge >= 0.3 is 8.80 Å². The summed E-state index contributed by atoms with van der Waals surface area (Å²) in [7, 11) is -2.60. The summed E-state index contributed by atoms with van der Waals surface area (Å²) in [5, 5.41) is 8.80. The number of nitrogens with two attached hydrogens (primary N) is 1. The van der Waals surface area contributed by atoms with Gasteiger partial charge in [-0.15, -0.1) is 0 Å². The van der Waals surface area contributed by atoms with Gasteiger partial charge in [0, 0.05) is 32.5 Å². The van der Waals surface area contributed by atoms with Gasteiger partial charge in [-0.25, -0.2) is 0 Å². The maximum absolute atomic E-state index is 8.80. The molecule has 0 aliphatic carbocycles. The number of hydrogen-bond donors (Lipinski definition) is 2. The Labute approximate surface area is 131 Å². The minimum Gasteiger partial charge on any atom is -0.396 e. The first-order chi connectivity index (χ1) is 9.95. The minimum absolute atomic E-state index is 0.0761. The summed E-state index contributed by atoms with van der Waals surface area (Å²) in [6.07, 6.45) is 3.65. The molecule has 5 nitrogen and oxygen atoms in total. The monoisotopic (exact) mass is 321 g/mol. The van der Waals surface area contributed by atoms with Crippen LogP contribution in [0.3, 0.4) is 0 Å². The van der Waals surface area contributed by atoms with E-state index in [4.69, 9.17) is 24.1 Å². The van der Waals surface area contributed by atoms with E-state index in [1.165, 1.54) is 0 Å². The lowest BCUT2D eigenvalue weighted by molar-refractivity contribution is 0.0622. The number of rotatable bonds is 14. The summed E-state index contributed by atoms with van der Waals surface area (Å²) in [5.74, 6) is 0. The molecule has 0 bridgehead atoms. The maximum Gasteiger partial charge on any atom is 0.500 e. The summed E-state index contributed by atoms with van der Waals surface area (Å²) in [5.41, 5.74) is 5.88. The van der Waals surface area contributed by atoms with E-state index in [2.05, 4.69) is 13.8 Å². The predicted octanol–water partition coefficient (Wildman–Crippen LogP) is 2.55. The Bertz CT molecular complexity index is 246. The normalized spacial score (nSPS) is 12.9. The Morgan fingerprint density at radius 2 is 1.62 bits per heavy atom. The first-order valence-electron chi connectivity index (χ1n) is 8.18. The van der Waals surface area contributed by atoms with Crippen molar-refractivity contribution in [1.29, 1.82) is 0 Å². The van der Waals surface area contributed by atoms with Crippen LogP contribution in [0.1, 0.15) is 53.4 Å². The highest BCUT2D eigenvalue weighted by Gasteiger charge is 2.41. The molecule has 0 fully saturated rings. The average Bonchev–Trinajstić information content (AvgIpc) is 2.46. The molecule has 0 rings (SSSR count). The van der Waals surface area contributed by atoms with Gasteiger partial charge in [0.15, 0.2) is 0 Å². The Morgan fingerprint density at radius 1 is 1.00 bits per heavy atom. The van der Waals surface area contributed by atoms with E-state index in [9.17, 15) is 0 Å². The summed E-state index contributed by atoms with van der Waals surface area (Å²) >= 11 is 0. The van der Waals surface area contributed by atoms with E-state index >= 15 is 0 Å². The van der Waals surface area contributed by atoms with Gasteiger partial charge in [-0.2, -0.15) is 0 Å². The molecule has 0 saturated carbocycles. The Hall–Kier alpha value is 0.0169. The molecule has 0 amide bonds. The fraction of sp³-hybridized carbons (Fsp3) is 1.00. The van der Waals surface area contributed by atoms with Crippen molar-refractivity contribution in [2.75, 3.05) is 33.0 Å². The van der Waals surface area contributed by atoms with Crippen LogP contribution in [0.2, 0.25) is 6.04 Å². The molecule has 21 heavy (non-hydrogen) atoms. The predicted molar refractivity (Wildman–Crippen MR) is 88.2 cm³/mol. The van der Waals surface area contributed by atoms with E-state index in [1.54, 1.807) is 0 Å². The molecule has 0 saturated heterocycles. The van der Waals surface area contributed by atoms with Crippen LogP contribution in [0.15, 0.2) is 0 Å². The third kappa shape index (κ3) is 9.60. The van der Waals surface area contributed by atoms with E-state index in [1.807, 2.05) is 13.8 Å². The lowest BCUT2D eigenvalue weighted by atomic mass is 9.91. The third-order valence-corrected chi connectivity index (χ3v) is 6.48. The van der Waals surface area contributed by atoms with Crippen molar-refractivity contribution in [3.8, 4) is 0 Å². The quantitative estimate of drug-likeness (QED) is 0.380. The zero-order chi connectivity index (χ0) is 16.2. The average molecular weight is 322 g/mol. The Morgan fingerprint density at radius 3 is 2.10 bits per heavy atom. The van der Waals surface area contributed by atoms with Crippen LogP contribution in [-0.4, -0.2) is 46.9 Å². The van der Waals surface area contributed by atoms with Gasteiger partial charge in [0.25, 0.3) is 0 Å². The molecule has 0 aliphatic rings. The first-order valence-corrected chi connectivity index (χ1v) is 10.1. The molecule has 0 spiro atoms. The summed E-state index contributed by atoms with van der Waals surface area (Å²) < 4.78 is 17.9. The van der Waals surface area contributed by atoms with Crippen LogP contribution in [0.5, 0.6) is 0 Å². The molecule has 0 heterocycles. The van der Waals surface area contributed by atoms with Crippen molar-refractivity contribution < 1.29 is 18.4 Å². The molecule has 0 unspecified atom stereocenters. The van der Waals surface area contributed by atoms with Crippen molar-refractivity contribution in [2.45, 2.75) is 59.4 Å². The smallest absolute Gasteiger partial charge is 0.396 e. The lowest BCUT2D eigenvalue weighted by Crippen LogP contribution is -2.47. The van der Waals surface area contributed by atoms with E-state index < -0.39 is 8.80 Å². The molecule has 0 aromatic rings. The first kappa shape index (κ1) is 21.0. The number of unbranched alkanes of at least 4 members (excludes halogenated alkanes) is 2. The summed E-state index contributed by atoms with van der Waals surface area (Å²) in [6, 6.07) is 0.804. The molecule has 0 aliphatic heterocycles. The highest BCUT2D eigenvalue weighted by molar-refractivity contribution is 6.60. The minimum atomic E-state index is -2.60. The molecule has 128 valence electrons. The van der Waals surface area contributed by atoms with Crippen molar-refractivity contribution in [2.24, 2.45) is 11.1 Å². The van der Waals surface area contributed by atoms with Gasteiger partial charge in [0.05, 0.1) is 0 Å². The number of aliphatic hydroxyl groups excluding tert-OH is 1. The molecular formula is C15H35NO4Si. The third-order valence-electron chi connectivity index (χ3n) is 3.51. The SMILES string of the molecule is CCO[Si](CCC(C)(C)CN)(OCC)OCCCCCO. The van der Waals surface area contributed by atoms with Gasteiger partial charge in [-0.3, -0.25) is 0 Å². The van der Waals surface area contributed by atoms with Gasteiger partial charge in [0.2, 0.25) is 0 Å². The molecular weight excluding hydrogens is 286 g/mol. The van der Waals surface area contributed by atoms with Gasteiger partial charge < -0.3 is 24.1 Å². The Kier molecular flexibility index (Phi) is 11.6. The van der Waals surface area contributed by atoms with E-state index in [0.717, 1.165) is 31.7 Å². The van der Waals surface area contributed by atoms with Gasteiger partial charge in [-0.1, -0.05) is 13.8 Å². The maximum atomic E-state index is 8.80. The summed E-state index contributed by atoms with van der Waals surface area (Å²) in [6.45, 7) is 11.0. The Balaban J connectivity index is 4.50. The highest BCUT2D eigenvalue weighted by Crippen LogP contribution is 2.28. The molecule has 0 radical (unpaired) electrons. The van der Waals surface area contributed by atoms with Crippen LogP contribution in [-0.2, 0) is 13.3 Å². The van der Waals surface area contributed by atoms with Crippen molar-refractivity contribution in [3.05, 3.63) is 0 Å². The highest BCUT2D eigenvalue weighted by atomic mass is 28.4. The van der Waals surface area contributed by atoms with Crippen LogP contribution >= 0.6 is 0 Å². The second-order valence-electron chi connectivity index (χ2n) is 6.05. The van der Waals surface area contributed by atoms with E-state index in [-0.39, 0.29) is 12.0 Å². The lowest BCUT2D eigenvalue weighted by Gasteiger charge is -2.32. The van der Waals surface area contributed by atoms with Crippen LogP contribution in [0.25, 0.3) is 0 Å². The molecule has 0 aromatic carbocycles. The van der Waals surface area contributed by atoms with Crippen LogP contribution < -0.4 is 5.73 Å². The van der Waals surface area contributed by atoms with Crippen molar-refractivity contribution >= 4 is 8.80 Å². The second-order valence-corrected chi connectivity index (χ2v) is 8.78. The topological polar surface area (TPSA) is 73.9 Å². The fourth-order valence-electron chi connectivity index (χ4n) is 1.99. The summed E-state index contributed by atoms with van der Waals surface area (Å²) in [4.78, 5) is 0. The van der Waals surface area contributed by atoms with Gasteiger partial charge in [-0.05, 0) is 51.5 Å². The fourth-order valence-corrected chi connectivity index (χ4v) is 4.99. The standard InChI is InChI=1S/C15H35NO4Si/c1-5-18-21(19-6-2,13-10-15(3,4)14-16)20-12-9-7-8-11-17/h17H,5-14,16H2,1-4H3. The molecule has 0 aromatic heterocycles. The second kappa shape index (κ2) is 11.6. The zero-order valence-corrected chi connectivity index (χ0v) is 15.3.